The predicted octanol–water partition coefficient (Wildman–Crippen LogP) is 4.13. The van der Waals surface area contributed by atoms with E-state index in [2.05, 4.69) is 19.9 Å². The molecule has 0 saturated heterocycles. The molecule has 3 rings (SSSR count). The fraction of sp³-hybridized carbons (Fsp3) is 0.812. The maximum Gasteiger partial charge on any atom is 0.136 e. The average molecular weight is 232 g/mol. The fourth-order valence-electron chi connectivity index (χ4n) is 4.67. The molecule has 4 atom stereocenters. The Balaban J connectivity index is 1.95. The van der Waals surface area contributed by atoms with Gasteiger partial charge in [0.15, 0.2) is 0 Å². The van der Waals surface area contributed by atoms with E-state index in [0.29, 0.717) is 23.0 Å². The van der Waals surface area contributed by atoms with Crippen molar-refractivity contribution in [3.05, 3.63) is 11.6 Å². The summed E-state index contributed by atoms with van der Waals surface area (Å²) in [4.78, 5) is 12.1. The largest absolute Gasteiger partial charge is 0.299 e. The zero-order valence-electron chi connectivity index (χ0n) is 11.2. The molecule has 0 aromatic rings. The Morgan fingerprint density at radius 1 is 1.29 bits per heavy atom. The molecular formula is C16H24O. The fourth-order valence-corrected chi connectivity index (χ4v) is 4.67. The second-order valence-electron chi connectivity index (χ2n) is 6.85. The zero-order chi connectivity index (χ0) is 12.0. The highest BCUT2D eigenvalue weighted by Crippen LogP contribution is 2.53. The molecule has 1 nitrogen and oxygen atoms in total. The molecule has 0 aliphatic heterocycles. The number of fused-ring (bicyclic) bond motifs is 2. The highest BCUT2D eigenvalue weighted by Gasteiger charge is 2.46. The molecule has 0 unspecified atom stereocenters. The Kier molecular flexibility index (Phi) is 2.68. The van der Waals surface area contributed by atoms with E-state index in [1.54, 1.807) is 0 Å². The summed E-state index contributed by atoms with van der Waals surface area (Å²) in [5.41, 5.74) is 1.97. The highest BCUT2D eigenvalue weighted by molar-refractivity contribution is 5.84. The average Bonchev–Trinajstić information content (AvgIpc) is 2.80. The minimum absolute atomic E-state index is 0.358. The Bertz CT molecular complexity index is 368. The molecule has 17 heavy (non-hydrogen) atoms. The van der Waals surface area contributed by atoms with Crippen LogP contribution >= 0.6 is 0 Å². The number of hydrogen-bond acceptors (Lipinski definition) is 1. The van der Waals surface area contributed by atoms with Crippen LogP contribution in [0.15, 0.2) is 11.6 Å². The van der Waals surface area contributed by atoms with Gasteiger partial charge in [-0.15, -0.1) is 0 Å². The molecule has 94 valence electrons. The van der Waals surface area contributed by atoms with Crippen LogP contribution in [0.25, 0.3) is 0 Å². The van der Waals surface area contributed by atoms with Crippen LogP contribution in [-0.2, 0) is 4.79 Å². The molecule has 0 aromatic heterocycles. The third-order valence-corrected chi connectivity index (χ3v) is 5.88. The first-order chi connectivity index (χ1) is 8.10. The number of hydrogen-bond donors (Lipinski definition) is 0. The van der Waals surface area contributed by atoms with Crippen LogP contribution in [0.3, 0.4) is 0 Å². The van der Waals surface area contributed by atoms with Gasteiger partial charge >= 0.3 is 0 Å². The molecule has 0 spiro atoms. The molecular weight excluding hydrogens is 208 g/mol. The molecule has 1 heteroatoms. The van der Waals surface area contributed by atoms with Gasteiger partial charge in [0.1, 0.15) is 5.78 Å². The first-order valence-corrected chi connectivity index (χ1v) is 7.29. The summed E-state index contributed by atoms with van der Waals surface area (Å²) in [7, 11) is 0. The van der Waals surface area contributed by atoms with Crippen molar-refractivity contribution < 1.29 is 4.79 Å². The van der Waals surface area contributed by atoms with Gasteiger partial charge in [0.05, 0.1) is 0 Å². The molecule has 0 N–H and O–H groups in total. The van der Waals surface area contributed by atoms with Crippen molar-refractivity contribution in [1.29, 1.82) is 0 Å². The lowest BCUT2D eigenvalue weighted by molar-refractivity contribution is -0.122. The van der Waals surface area contributed by atoms with Crippen LogP contribution in [0.2, 0.25) is 0 Å². The summed E-state index contributed by atoms with van der Waals surface area (Å²) in [5.74, 6) is 2.33. The van der Waals surface area contributed by atoms with Crippen molar-refractivity contribution in [3.8, 4) is 0 Å². The first kappa shape index (κ1) is 11.5. The van der Waals surface area contributed by atoms with E-state index in [4.69, 9.17) is 0 Å². The first-order valence-electron chi connectivity index (χ1n) is 7.29. The molecule has 0 radical (unpaired) electrons. The van der Waals surface area contributed by atoms with Gasteiger partial charge < -0.3 is 0 Å². The normalized spacial score (nSPS) is 48.9. The van der Waals surface area contributed by atoms with Gasteiger partial charge in [-0.25, -0.2) is 0 Å². The minimum Gasteiger partial charge on any atom is -0.299 e. The maximum atomic E-state index is 12.1. The second kappa shape index (κ2) is 3.96. The van der Waals surface area contributed by atoms with E-state index in [-0.39, 0.29) is 0 Å². The smallest absolute Gasteiger partial charge is 0.136 e. The van der Waals surface area contributed by atoms with E-state index in [1.807, 2.05) is 0 Å². The van der Waals surface area contributed by atoms with Crippen LogP contribution < -0.4 is 0 Å². The lowest BCUT2D eigenvalue weighted by atomic mass is 9.67. The molecule has 0 bridgehead atoms. The third-order valence-electron chi connectivity index (χ3n) is 5.88. The number of rotatable bonds is 0. The zero-order valence-corrected chi connectivity index (χ0v) is 11.2. The minimum atomic E-state index is 0.358. The number of allylic oxidation sites excluding steroid dienone is 2. The molecule has 3 aliphatic rings. The van der Waals surface area contributed by atoms with E-state index < -0.39 is 0 Å². The van der Waals surface area contributed by atoms with Crippen molar-refractivity contribution in [2.75, 3.05) is 0 Å². The van der Waals surface area contributed by atoms with Crippen LogP contribution in [0, 0.1) is 23.2 Å². The number of Topliss-reactive ketones (excluding diaryl/α,β-unsaturated/α-hetero) is 1. The summed E-state index contributed by atoms with van der Waals surface area (Å²) in [5, 5.41) is 0. The van der Waals surface area contributed by atoms with E-state index in [0.717, 1.165) is 18.8 Å². The van der Waals surface area contributed by atoms with Gasteiger partial charge in [-0.2, -0.15) is 0 Å². The van der Waals surface area contributed by atoms with Crippen molar-refractivity contribution in [2.24, 2.45) is 23.2 Å². The van der Waals surface area contributed by atoms with E-state index >= 15 is 0 Å². The predicted molar refractivity (Wildman–Crippen MR) is 69.7 cm³/mol. The number of ketones is 1. The third kappa shape index (κ3) is 1.78. The number of carbonyl (C=O) groups is 1. The molecule has 0 heterocycles. The van der Waals surface area contributed by atoms with Gasteiger partial charge in [0, 0.05) is 12.3 Å². The quantitative estimate of drug-likeness (QED) is 0.574. The van der Waals surface area contributed by atoms with Crippen molar-refractivity contribution in [2.45, 2.75) is 58.8 Å². The Hall–Kier alpha value is -0.590. The highest BCUT2D eigenvalue weighted by atomic mass is 16.1. The van der Waals surface area contributed by atoms with Crippen molar-refractivity contribution in [1.82, 2.24) is 0 Å². The lowest BCUT2D eigenvalue weighted by Gasteiger charge is -2.37. The summed E-state index contributed by atoms with van der Waals surface area (Å²) in [6.07, 6.45) is 11.0. The maximum absolute atomic E-state index is 12.1. The van der Waals surface area contributed by atoms with Gasteiger partial charge in [-0.1, -0.05) is 25.0 Å². The Morgan fingerprint density at radius 3 is 2.94 bits per heavy atom. The van der Waals surface area contributed by atoms with E-state index in [1.165, 1.54) is 37.7 Å². The van der Waals surface area contributed by atoms with Gasteiger partial charge in [-0.05, 0) is 56.3 Å². The van der Waals surface area contributed by atoms with Crippen LogP contribution in [0.1, 0.15) is 58.8 Å². The summed E-state index contributed by atoms with van der Waals surface area (Å²) >= 11 is 0. The molecule has 2 saturated carbocycles. The topological polar surface area (TPSA) is 17.1 Å². The van der Waals surface area contributed by atoms with Crippen molar-refractivity contribution in [3.63, 3.8) is 0 Å². The van der Waals surface area contributed by atoms with Crippen LogP contribution in [0.4, 0.5) is 0 Å². The second-order valence-corrected chi connectivity index (χ2v) is 6.85. The lowest BCUT2D eigenvalue weighted by Crippen LogP contribution is -2.31. The van der Waals surface area contributed by atoms with Crippen molar-refractivity contribution >= 4 is 5.78 Å². The molecule has 0 aromatic carbocycles. The van der Waals surface area contributed by atoms with Gasteiger partial charge in [0.25, 0.3) is 0 Å². The van der Waals surface area contributed by atoms with Crippen LogP contribution in [0.5, 0.6) is 0 Å². The molecule has 0 amide bonds. The SMILES string of the molecule is C/C1=C/C[C@H]2CCC[C@]2(C)C[C@H]2C(=O)CC[C@H]12. The molecule has 2 fully saturated rings. The van der Waals surface area contributed by atoms with Crippen LogP contribution in [-0.4, -0.2) is 5.78 Å². The standard InChI is InChI=1S/C16H24O/c1-11-5-6-12-4-3-9-16(12,2)10-14-13(11)7-8-15(14)17/h5,12-14H,3-4,6-10H2,1-2H3/b11-5-/t12-,13-,14-,16-/m1/s1. The Labute approximate surface area is 105 Å². The van der Waals surface area contributed by atoms with Gasteiger partial charge in [-0.3, -0.25) is 4.79 Å². The Morgan fingerprint density at radius 2 is 2.12 bits per heavy atom. The summed E-state index contributed by atoms with van der Waals surface area (Å²) in [6.45, 7) is 4.70. The van der Waals surface area contributed by atoms with Gasteiger partial charge in [0.2, 0.25) is 0 Å². The van der Waals surface area contributed by atoms with E-state index in [9.17, 15) is 4.79 Å². The monoisotopic (exact) mass is 232 g/mol. The summed E-state index contributed by atoms with van der Waals surface area (Å²) in [6, 6.07) is 0. The summed E-state index contributed by atoms with van der Waals surface area (Å²) < 4.78 is 0. The number of carbonyl (C=O) groups excluding carboxylic acids is 1. The molecule has 3 aliphatic carbocycles.